The van der Waals surface area contributed by atoms with E-state index in [0.717, 1.165) is 16.7 Å². The lowest BCUT2D eigenvalue weighted by molar-refractivity contribution is -0.115. The molecule has 36 heavy (non-hydrogen) atoms. The van der Waals surface area contributed by atoms with Gasteiger partial charge in [0.1, 0.15) is 6.61 Å². The second-order valence-electron chi connectivity index (χ2n) is 7.57. The molecule has 5 nitrogen and oxygen atoms in total. The summed E-state index contributed by atoms with van der Waals surface area (Å²) < 4.78 is 12.9. The highest BCUT2D eigenvalue weighted by Crippen LogP contribution is 2.44. The van der Waals surface area contributed by atoms with Crippen LogP contribution in [0.2, 0.25) is 15.1 Å². The number of amidine groups is 1. The molecular formula is C25H17Br2Cl3N2O3S. The van der Waals surface area contributed by atoms with Crippen LogP contribution in [0.4, 0.5) is 5.69 Å². The van der Waals surface area contributed by atoms with Gasteiger partial charge in [-0.1, -0.05) is 46.9 Å². The lowest BCUT2D eigenvalue weighted by Crippen LogP contribution is -2.19. The van der Waals surface area contributed by atoms with Crippen molar-refractivity contribution >= 4 is 101 Å². The first-order chi connectivity index (χ1) is 17.2. The molecule has 0 bridgehead atoms. The summed E-state index contributed by atoms with van der Waals surface area (Å²) in [4.78, 5) is 17.7. The summed E-state index contributed by atoms with van der Waals surface area (Å²) in [6.07, 6.45) is 1.76. The average Bonchev–Trinajstić information content (AvgIpc) is 3.19. The van der Waals surface area contributed by atoms with Crippen LogP contribution in [0, 0.1) is 6.92 Å². The molecule has 186 valence electrons. The zero-order valence-electron chi connectivity index (χ0n) is 18.8. The van der Waals surface area contributed by atoms with Crippen LogP contribution in [0.1, 0.15) is 16.7 Å². The topological polar surface area (TPSA) is 59.9 Å². The molecule has 4 rings (SSSR count). The van der Waals surface area contributed by atoms with Crippen LogP contribution in [0.5, 0.6) is 11.5 Å². The fraction of sp³-hybridized carbons (Fsp3) is 0.120. The molecule has 3 aromatic carbocycles. The zero-order valence-corrected chi connectivity index (χ0v) is 25.1. The van der Waals surface area contributed by atoms with E-state index in [1.807, 2.05) is 19.1 Å². The second kappa shape index (κ2) is 11.8. The molecule has 0 atom stereocenters. The molecule has 1 fully saturated rings. The van der Waals surface area contributed by atoms with E-state index in [2.05, 4.69) is 42.2 Å². The van der Waals surface area contributed by atoms with E-state index < -0.39 is 0 Å². The van der Waals surface area contributed by atoms with E-state index >= 15 is 0 Å². The summed E-state index contributed by atoms with van der Waals surface area (Å²) >= 11 is 26.6. The Morgan fingerprint density at radius 1 is 1.06 bits per heavy atom. The molecule has 1 aliphatic heterocycles. The number of aryl methyl sites for hydroxylation is 1. The third-order valence-electron chi connectivity index (χ3n) is 5.07. The van der Waals surface area contributed by atoms with Gasteiger partial charge >= 0.3 is 0 Å². The van der Waals surface area contributed by atoms with Gasteiger partial charge in [-0.2, -0.15) is 0 Å². The Labute approximate surface area is 244 Å². The van der Waals surface area contributed by atoms with Crippen LogP contribution in [0.25, 0.3) is 6.08 Å². The van der Waals surface area contributed by atoms with Gasteiger partial charge in [-0.15, -0.1) is 0 Å². The van der Waals surface area contributed by atoms with Crippen LogP contribution >= 0.6 is 78.4 Å². The van der Waals surface area contributed by atoms with Gasteiger partial charge in [0.25, 0.3) is 5.91 Å². The van der Waals surface area contributed by atoms with Gasteiger partial charge < -0.3 is 14.8 Å². The number of ether oxygens (including phenoxy) is 2. The molecular weight excluding hydrogens is 675 g/mol. The molecule has 0 aromatic heterocycles. The lowest BCUT2D eigenvalue weighted by Gasteiger charge is -2.16. The second-order valence-corrected chi connectivity index (χ2v) is 11.4. The Morgan fingerprint density at radius 3 is 2.56 bits per heavy atom. The number of aliphatic imine (C=N–C) groups is 1. The maximum absolute atomic E-state index is 12.6. The van der Waals surface area contributed by atoms with Crippen molar-refractivity contribution in [1.29, 1.82) is 0 Å². The first-order valence-electron chi connectivity index (χ1n) is 10.3. The molecule has 1 N–H and O–H groups in total. The third-order valence-corrected chi connectivity index (χ3v) is 9.10. The largest absolute Gasteiger partial charge is 0.493 e. The van der Waals surface area contributed by atoms with E-state index in [9.17, 15) is 4.79 Å². The summed E-state index contributed by atoms with van der Waals surface area (Å²) in [5, 5.41) is 4.78. The molecule has 0 saturated carbocycles. The number of nitrogens with one attached hydrogen (secondary N) is 1. The van der Waals surface area contributed by atoms with Crippen molar-refractivity contribution < 1.29 is 14.3 Å². The number of benzene rings is 3. The maximum Gasteiger partial charge on any atom is 0.264 e. The predicted octanol–water partition coefficient (Wildman–Crippen LogP) is 8.96. The van der Waals surface area contributed by atoms with Crippen LogP contribution in [-0.4, -0.2) is 18.2 Å². The van der Waals surface area contributed by atoms with Crippen LogP contribution < -0.4 is 14.8 Å². The standard InChI is InChI=1S/C25H17Br2Cl3N2O3S/c1-12-3-5-15(28)10-18(12)31-25-32-24(33)20(36-25)9-14-8-19(34-2)23(22(27)21(14)26)35-11-13-4-6-16(29)17(30)7-13/h3-10H,11H2,1-2H3,(H,31,32,33)/b20-9-. The fourth-order valence-electron chi connectivity index (χ4n) is 3.21. The zero-order chi connectivity index (χ0) is 26.0. The first kappa shape index (κ1) is 27.4. The minimum Gasteiger partial charge on any atom is -0.493 e. The van der Waals surface area contributed by atoms with E-state index in [1.54, 1.807) is 43.5 Å². The first-order valence-corrected chi connectivity index (χ1v) is 13.9. The number of methoxy groups -OCH3 is 1. The number of halogens is 5. The quantitative estimate of drug-likeness (QED) is 0.262. The van der Waals surface area contributed by atoms with Gasteiger partial charge in [-0.05, 0) is 104 Å². The Kier molecular flexibility index (Phi) is 8.96. The molecule has 1 saturated heterocycles. The third kappa shape index (κ3) is 6.23. The number of hydrogen-bond donors (Lipinski definition) is 1. The molecule has 3 aromatic rings. The number of rotatable bonds is 6. The molecule has 0 unspecified atom stereocenters. The van der Waals surface area contributed by atoms with Gasteiger partial charge in [0.05, 0.1) is 32.2 Å². The van der Waals surface area contributed by atoms with Gasteiger partial charge in [-0.25, -0.2) is 4.99 Å². The maximum atomic E-state index is 12.6. The molecule has 0 spiro atoms. The summed E-state index contributed by atoms with van der Waals surface area (Å²) in [7, 11) is 1.55. The SMILES string of the molecule is COc1cc(/C=C2\SC(=Nc3cc(Cl)ccc3C)NC2=O)c(Br)c(Br)c1OCc1ccc(Cl)c(Cl)c1. The fourth-order valence-corrected chi connectivity index (χ4v) is 5.48. The van der Waals surface area contributed by atoms with Crippen LogP contribution in [0.3, 0.4) is 0 Å². The van der Waals surface area contributed by atoms with Crippen molar-refractivity contribution in [2.24, 2.45) is 4.99 Å². The highest BCUT2D eigenvalue weighted by Gasteiger charge is 2.25. The number of carbonyl (C=O) groups excluding carboxylic acids is 1. The molecule has 0 radical (unpaired) electrons. The summed E-state index contributed by atoms with van der Waals surface area (Å²) in [6.45, 7) is 2.18. The Bertz CT molecular complexity index is 1430. The highest BCUT2D eigenvalue weighted by atomic mass is 79.9. The molecule has 1 heterocycles. The smallest absolute Gasteiger partial charge is 0.264 e. The van der Waals surface area contributed by atoms with Gasteiger partial charge in [0.15, 0.2) is 16.7 Å². The number of carbonyl (C=O) groups is 1. The van der Waals surface area contributed by atoms with Crippen molar-refractivity contribution in [3.8, 4) is 11.5 Å². The predicted molar refractivity (Wildman–Crippen MR) is 156 cm³/mol. The van der Waals surface area contributed by atoms with E-state index in [1.165, 1.54) is 11.8 Å². The van der Waals surface area contributed by atoms with Gasteiger partial charge in [0, 0.05) is 9.50 Å². The average molecular weight is 692 g/mol. The van der Waals surface area contributed by atoms with Gasteiger partial charge in [0.2, 0.25) is 0 Å². The number of hydrogen-bond acceptors (Lipinski definition) is 5. The van der Waals surface area contributed by atoms with Crippen molar-refractivity contribution in [1.82, 2.24) is 5.32 Å². The van der Waals surface area contributed by atoms with Crippen molar-refractivity contribution in [2.75, 3.05) is 7.11 Å². The summed E-state index contributed by atoms with van der Waals surface area (Å²) in [5.41, 5.74) is 3.22. The monoisotopic (exact) mass is 688 g/mol. The Morgan fingerprint density at radius 2 is 1.83 bits per heavy atom. The van der Waals surface area contributed by atoms with E-state index in [-0.39, 0.29) is 12.5 Å². The number of nitrogens with zero attached hydrogens (tertiary/aromatic N) is 1. The van der Waals surface area contributed by atoms with E-state index in [4.69, 9.17) is 44.3 Å². The molecule has 1 aliphatic rings. The Balaban J connectivity index is 1.60. The molecule has 11 heteroatoms. The van der Waals surface area contributed by atoms with Crippen LogP contribution in [0.15, 0.2) is 61.3 Å². The van der Waals surface area contributed by atoms with E-state index in [0.29, 0.717) is 51.3 Å². The summed E-state index contributed by atoms with van der Waals surface area (Å²) in [5.74, 6) is 0.740. The highest BCUT2D eigenvalue weighted by molar-refractivity contribution is 9.13. The van der Waals surface area contributed by atoms with Crippen molar-refractivity contribution in [3.63, 3.8) is 0 Å². The van der Waals surface area contributed by atoms with Crippen molar-refractivity contribution in [2.45, 2.75) is 13.5 Å². The minimum absolute atomic E-state index is 0.250. The van der Waals surface area contributed by atoms with Crippen LogP contribution in [-0.2, 0) is 11.4 Å². The molecule has 0 aliphatic carbocycles. The van der Waals surface area contributed by atoms with Gasteiger partial charge in [-0.3, -0.25) is 4.79 Å². The minimum atomic E-state index is -0.250. The normalized spacial score (nSPS) is 15.5. The summed E-state index contributed by atoms with van der Waals surface area (Å²) in [6, 6.07) is 12.5. The lowest BCUT2D eigenvalue weighted by atomic mass is 10.1. The molecule has 1 amide bonds. The Hall–Kier alpha value is -1.68. The van der Waals surface area contributed by atoms with Crippen molar-refractivity contribution in [3.05, 3.63) is 88.1 Å². The number of thioether (sulfide) groups is 1. The number of amides is 1.